The summed E-state index contributed by atoms with van der Waals surface area (Å²) >= 11 is 0. The third kappa shape index (κ3) is 2.42. The smallest absolute Gasteiger partial charge is 0.124 e. The highest BCUT2D eigenvalue weighted by atomic mass is 19.1. The summed E-state index contributed by atoms with van der Waals surface area (Å²) in [7, 11) is 0. The molecule has 68 valence electrons. The maximum absolute atomic E-state index is 12.7. The van der Waals surface area contributed by atoms with Crippen LogP contribution in [0.15, 0.2) is 18.2 Å². The van der Waals surface area contributed by atoms with E-state index in [1.807, 2.05) is 6.07 Å². The first-order valence-corrected chi connectivity index (χ1v) is 3.91. The number of anilines is 1. The summed E-state index contributed by atoms with van der Waals surface area (Å²) < 4.78 is 12.7. The largest absolute Gasteiger partial charge is 0.383 e. The lowest BCUT2D eigenvalue weighted by Gasteiger charge is -2.05. The van der Waals surface area contributed by atoms with Crippen LogP contribution >= 0.6 is 0 Å². The second-order valence-electron chi connectivity index (χ2n) is 2.52. The molecule has 0 radical (unpaired) electrons. The Morgan fingerprint density at radius 2 is 2.31 bits per heavy atom. The van der Waals surface area contributed by atoms with E-state index in [1.54, 1.807) is 0 Å². The fourth-order valence-electron chi connectivity index (χ4n) is 0.970. The van der Waals surface area contributed by atoms with Crippen LogP contribution in [0.25, 0.3) is 0 Å². The van der Waals surface area contributed by atoms with Gasteiger partial charge in [-0.25, -0.2) is 4.39 Å². The number of nitriles is 1. The number of benzene rings is 1. The predicted octanol–water partition coefficient (Wildman–Crippen LogP) is 1.07. The highest BCUT2D eigenvalue weighted by molar-refractivity contribution is 5.57. The lowest BCUT2D eigenvalue weighted by molar-refractivity contribution is 0.627. The maximum atomic E-state index is 12.7. The third-order valence-corrected chi connectivity index (χ3v) is 1.56. The van der Waals surface area contributed by atoms with Crippen LogP contribution < -0.4 is 11.1 Å². The SMILES string of the molecule is N#Cc1cc(F)ccc1NCCN. The van der Waals surface area contributed by atoms with Crippen LogP contribution in [0.3, 0.4) is 0 Å². The van der Waals surface area contributed by atoms with E-state index < -0.39 is 5.82 Å². The highest BCUT2D eigenvalue weighted by Crippen LogP contribution is 2.15. The van der Waals surface area contributed by atoms with Crippen LogP contribution in [0.1, 0.15) is 5.56 Å². The zero-order valence-corrected chi connectivity index (χ0v) is 7.05. The van der Waals surface area contributed by atoms with Crippen molar-refractivity contribution in [3.63, 3.8) is 0 Å². The third-order valence-electron chi connectivity index (χ3n) is 1.56. The standard InChI is InChI=1S/C9H10FN3/c10-8-1-2-9(13-4-3-11)7(5-8)6-12/h1-2,5,13H,3-4,11H2. The Hall–Kier alpha value is -1.60. The Morgan fingerprint density at radius 1 is 1.54 bits per heavy atom. The predicted molar refractivity (Wildman–Crippen MR) is 48.7 cm³/mol. The summed E-state index contributed by atoms with van der Waals surface area (Å²) in [5, 5.41) is 11.6. The lowest BCUT2D eigenvalue weighted by atomic mass is 10.2. The molecule has 0 spiro atoms. The van der Waals surface area contributed by atoms with E-state index in [0.717, 1.165) is 0 Å². The number of hydrogen-bond donors (Lipinski definition) is 2. The molecule has 13 heavy (non-hydrogen) atoms. The number of halogens is 1. The van der Waals surface area contributed by atoms with Crippen molar-refractivity contribution in [3.05, 3.63) is 29.6 Å². The number of nitrogens with zero attached hydrogens (tertiary/aromatic N) is 1. The molecular weight excluding hydrogens is 169 g/mol. The number of hydrogen-bond acceptors (Lipinski definition) is 3. The van der Waals surface area contributed by atoms with Crippen LogP contribution in [0.5, 0.6) is 0 Å². The minimum Gasteiger partial charge on any atom is -0.383 e. The van der Waals surface area contributed by atoms with Gasteiger partial charge in [-0.3, -0.25) is 0 Å². The van der Waals surface area contributed by atoms with E-state index in [0.29, 0.717) is 24.3 Å². The fourth-order valence-corrected chi connectivity index (χ4v) is 0.970. The molecule has 0 aromatic heterocycles. The zero-order valence-electron chi connectivity index (χ0n) is 7.05. The van der Waals surface area contributed by atoms with Gasteiger partial charge in [0.05, 0.1) is 11.3 Å². The molecule has 3 N–H and O–H groups in total. The molecule has 1 rings (SSSR count). The molecular formula is C9H10FN3. The minimum absolute atomic E-state index is 0.299. The van der Waals surface area contributed by atoms with E-state index in [1.165, 1.54) is 18.2 Å². The molecule has 0 aliphatic heterocycles. The molecule has 0 saturated carbocycles. The molecule has 0 atom stereocenters. The van der Waals surface area contributed by atoms with Gasteiger partial charge in [0, 0.05) is 13.1 Å². The summed E-state index contributed by atoms with van der Waals surface area (Å²) in [4.78, 5) is 0. The van der Waals surface area contributed by atoms with Crippen molar-refractivity contribution >= 4 is 5.69 Å². The number of nitrogens with one attached hydrogen (secondary N) is 1. The number of rotatable bonds is 3. The van der Waals surface area contributed by atoms with E-state index >= 15 is 0 Å². The van der Waals surface area contributed by atoms with Crippen molar-refractivity contribution in [3.8, 4) is 6.07 Å². The van der Waals surface area contributed by atoms with Crippen molar-refractivity contribution in [2.75, 3.05) is 18.4 Å². The van der Waals surface area contributed by atoms with E-state index in [9.17, 15) is 4.39 Å². The molecule has 0 amide bonds. The Kier molecular flexibility index (Phi) is 3.23. The topological polar surface area (TPSA) is 61.8 Å². The average molecular weight is 179 g/mol. The van der Waals surface area contributed by atoms with Crippen LogP contribution in [-0.2, 0) is 0 Å². The molecule has 1 aromatic rings. The van der Waals surface area contributed by atoms with E-state index in [-0.39, 0.29) is 0 Å². The Balaban J connectivity index is 2.88. The molecule has 1 aromatic carbocycles. The van der Waals surface area contributed by atoms with Crippen LogP contribution in [0.2, 0.25) is 0 Å². The summed E-state index contributed by atoms with van der Waals surface area (Å²) in [5.41, 5.74) is 6.20. The van der Waals surface area contributed by atoms with Crippen molar-refractivity contribution in [1.82, 2.24) is 0 Å². The van der Waals surface area contributed by atoms with Crippen LogP contribution in [0, 0.1) is 17.1 Å². The van der Waals surface area contributed by atoms with E-state index in [2.05, 4.69) is 5.32 Å². The van der Waals surface area contributed by atoms with Crippen LogP contribution in [0.4, 0.5) is 10.1 Å². The van der Waals surface area contributed by atoms with Gasteiger partial charge in [0.25, 0.3) is 0 Å². The Morgan fingerprint density at radius 3 is 2.92 bits per heavy atom. The number of nitrogens with two attached hydrogens (primary N) is 1. The molecule has 0 fully saturated rings. The van der Waals surface area contributed by atoms with Crippen molar-refractivity contribution in [2.24, 2.45) is 5.73 Å². The Labute approximate surface area is 76.0 Å². The quantitative estimate of drug-likeness (QED) is 0.729. The van der Waals surface area contributed by atoms with E-state index in [4.69, 9.17) is 11.0 Å². The molecule has 0 unspecified atom stereocenters. The first-order chi connectivity index (χ1) is 6.27. The summed E-state index contributed by atoms with van der Waals surface area (Å²) in [6.45, 7) is 1.04. The molecule has 0 heterocycles. The highest BCUT2D eigenvalue weighted by Gasteiger charge is 2.01. The normalized spacial score (nSPS) is 9.31. The van der Waals surface area contributed by atoms with Crippen molar-refractivity contribution in [2.45, 2.75) is 0 Å². The summed E-state index contributed by atoms with van der Waals surface area (Å²) in [6.07, 6.45) is 0. The van der Waals surface area contributed by atoms with Gasteiger partial charge >= 0.3 is 0 Å². The molecule has 3 nitrogen and oxygen atoms in total. The second kappa shape index (κ2) is 4.43. The fraction of sp³-hybridized carbons (Fsp3) is 0.222. The molecule has 0 aliphatic carbocycles. The summed E-state index contributed by atoms with van der Waals surface area (Å²) in [5.74, 6) is -0.408. The lowest BCUT2D eigenvalue weighted by Crippen LogP contribution is -2.13. The van der Waals surface area contributed by atoms with Gasteiger partial charge in [0.1, 0.15) is 11.9 Å². The molecule has 0 saturated heterocycles. The first kappa shape index (κ1) is 9.49. The monoisotopic (exact) mass is 179 g/mol. The average Bonchev–Trinajstić information content (AvgIpc) is 2.16. The Bertz CT molecular complexity index is 330. The molecule has 0 bridgehead atoms. The second-order valence-corrected chi connectivity index (χ2v) is 2.52. The minimum atomic E-state index is -0.408. The van der Waals surface area contributed by atoms with Crippen molar-refractivity contribution < 1.29 is 4.39 Å². The van der Waals surface area contributed by atoms with Gasteiger partial charge < -0.3 is 11.1 Å². The van der Waals surface area contributed by atoms with Gasteiger partial charge in [0.2, 0.25) is 0 Å². The van der Waals surface area contributed by atoms with Crippen LogP contribution in [-0.4, -0.2) is 13.1 Å². The van der Waals surface area contributed by atoms with Gasteiger partial charge in [-0.2, -0.15) is 5.26 Å². The molecule has 0 aliphatic rings. The first-order valence-electron chi connectivity index (χ1n) is 3.91. The van der Waals surface area contributed by atoms with Gasteiger partial charge in [-0.15, -0.1) is 0 Å². The summed E-state index contributed by atoms with van der Waals surface area (Å²) in [6, 6.07) is 5.93. The van der Waals surface area contributed by atoms with Gasteiger partial charge in [0.15, 0.2) is 0 Å². The molecule has 4 heteroatoms. The maximum Gasteiger partial charge on any atom is 0.124 e. The van der Waals surface area contributed by atoms with Gasteiger partial charge in [-0.1, -0.05) is 0 Å². The van der Waals surface area contributed by atoms with Crippen molar-refractivity contribution in [1.29, 1.82) is 5.26 Å². The zero-order chi connectivity index (χ0) is 9.68. The van der Waals surface area contributed by atoms with Gasteiger partial charge in [-0.05, 0) is 18.2 Å².